The maximum absolute atomic E-state index is 10.6. The monoisotopic (exact) mass is 289 g/mol. The first kappa shape index (κ1) is 11.1. The maximum Gasteiger partial charge on any atom is 0.308 e. The van der Waals surface area contributed by atoms with Crippen molar-refractivity contribution >= 4 is 33.2 Å². The summed E-state index contributed by atoms with van der Waals surface area (Å²) in [6.45, 7) is 0. The average Bonchev–Trinajstić information content (AvgIpc) is 2.75. The molecule has 15 heavy (non-hydrogen) atoms. The molecule has 3 nitrogen and oxygen atoms in total. The summed E-state index contributed by atoms with van der Waals surface area (Å²) in [5.41, 5.74) is 0. The highest BCUT2D eigenvalue weighted by Gasteiger charge is 2.22. The van der Waals surface area contributed by atoms with Crippen LogP contribution in [0.2, 0.25) is 0 Å². The molecule has 0 aliphatic heterocycles. The van der Waals surface area contributed by atoms with Crippen LogP contribution >= 0.6 is 27.3 Å². The number of carboxylic acid groups (broad SMARTS) is 1. The van der Waals surface area contributed by atoms with E-state index in [0.29, 0.717) is 5.92 Å². The predicted octanol–water partition coefficient (Wildman–Crippen LogP) is 3.19. The summed E-state index contributed by atoms with van der Waals surface area (Å²) >= 11 is 4.87. The van der Waals surface area contributed by atoms with Crippen molar-refractivity contribution < 1.29 is 9.90 Å². The normalized spacial score (nSPS) is 17.1. The van der Waals surface area contributed by atoms with Crippen molar-refractivity contribution in [1.82, 2.24) is 4.98 Å². The Hall–Kier alpha value is -0.420. The molecule has 1 aromatic rings. The Kier molecular flexibility index (Phi) is 3.41. The van der Waals surface area contributed by atoms with Gasteiger partial charge in [0.1, 0.15) is 4.60 Å². The molecule has 1 fully saturated rings. The summed E-state index contributed by atoms with van der Waals surface area (Å²) in [7, 11) is 0. The van der Waals surface area contributed by atoms with Crippen molar-refractivity contribution in [2.45, 2.75) is 38.0 Å². The van der Waals surface area contributed by atoms with E-state index in [1.165, 1.54) is 25.7 Å². The van der Waals surface area contributed by atoms with Crippen LogP contribution in [-0.2, 0) is 11.2 Å². The molecule has 0 radical (unpaired) electrons. The van der Waals surface area contributed by atoms with E-state index < -0.39 is 5.97 Å². The van der Waals surface area contributed by atoms with Gasteiger partial charge < -0.3 is 5.11 Å². The largest absolute Gasteiger partial charge is 0.481 e. The van der Waals surface area contributed by atoms with Crippen molar-refractivity contribution in [1.29, 1.82) is 0 Å². The van der Waals surface area contributed by atoms with Crippen molar-refractivity contribution in [2.75, 3.05) is 0 Å². The molecule has 0 bridgehead atoms. The molecule has 82 valence electrons. The lowest BCUT2D eigenvalue weighted by molar-refractivity contribution is -0.136. The second-order valence-corrected chi connectivity index (χ2v) is 5.68. The number of aliphatic carboxylic acids is 1. The molecule has 1 N–H and O–H groups in total. The number of nitrogens with zero attached hydrogens (tertiary/aromatic N) is 1. The third kappa shape index (κ3) is 2.58. The average molecular weight is 290 g/mol. The van der Waals surface area contributed by atoms with Gasteiger partial charge in [-0.3, -0.25) is 4.79 Å². The number of aromatic nitrogens is 1. The fourth-order valence-electron chi connectivity index (χ4n) is 1.94. The molecule has 0 saturated heterocycles. The number of rotatable bonds is 3. The Morgan fingerprint density at radius 3 is 2.80 bits per heavy atom. The fourth-order valence-corrected chi connectivity index (χ4v) is 3.75. The van der Waals surface area contributed by atoms with Gasteiger partial charge in [-0.05, 0) is 28.8 Å². The quantitative estimate of drug-likeness (QED) is 0.930. The van der Waals surface area contributed by atoms with Gasteiger partial charge in [0.25, 0.3) is 0 Å². The second-order valence-electron chi connectivity index (χ2n) is 3.82. The summed E-state index contributed by atoms with van der Waals surface area (Å²) in [6, 6.07) is 0. The second kappa shape index (κ2) is 4.61. The van der Waals surface area contributed by atoms with Gasteiger partial charge >= 0.3 is 5.97 Å². The molecule has 0 unspecified atom stereocenters. The van der Waals surface area contributed by atoms with Gasteiger partial charge in [-0.1, -0.05) is 12.8 Å². The summed E-state index contributed by atoms with van der Waals surface area (Å²) in [4.78, 5) is 15.9. The topological polar surface area (TPSA) is 50.2 Å². The first-order valence-corrected chi connectivity index (χ1v) is 6.64. The van der Waals surface area contributed by atoms with Gasteiger partial charge in [0.15, 0.2) is 0 Å². The molecule has 1 aliphatic rings. The maximum atomic E-state index is 10.6. The summed E-state index contributed by atoms with van der Waals surface area (Å²) in [5, 5.41) is 9.83. The van der Waals surface area contributed by atoms with Gasteiger partial charge in [-0.2, -0.15) is 0 Å². The van der Waals surface area contributed by atoms with E-state index in [0.717, 1.165) is 14.5 Å². The lowest BCUT2D eigenvalue weighted by Gasteiger charge is -2.01. The van der Waals surface area contributed by atoms with Crippen molar-refractivity contribution in [2.24, 2.45) is 0 Å². The van der Waals surface area contributed by atoms with E-state index in [2.05, 4.69) is 20.9 Å². The van der Waals surface area contributed by atoms with E-state index in [1.54, 1.807) is 11.3 Å². The van der Waals surface area contributed by atoms with Crippen LogP contribution in [0.25, 0.3) is 0 Å². The number of halogens is 1. The third-order valence-corrected chi connectivity index (χ3v) is 4.82. The first-order chi connectivity index (χ1) is 7.16. The molecule has 0 atom stereocenters. The molecule has 1 heterocycles. The zero-order chi connectivity index (χ0) is 10.8. The smallest absolute Gasteiger partial charge is 0.308 e. The van der Waals surface area contributed by atoms with Gasteiger partial charge in [-0.25, -0.2) is 4.98 Å². The highest BCUT2D eigenvalue weighted by Crippen LogP contribution is 2.38. The molecule has 2 rings (SSSR count). The Labute approximate surface area is 101 Å². The lowest BCUT2D eigenvalue weighted by atomic mass is 10.1. The van der Waals surface area contributed by atoms with Gasteiger partial charge in [-0.15, -0.1) is 11.3 Å². The molecule has 1 aliphatic carbocycles. The molecule has 0 aromatic carbocycles. The van der Waals surface area contributed by atoms with Crippen molar-refractivity contribution in [3.05, 3.63) is 14.5 Å². The summed E-state index contributed by atoms with van der Waals surface area (Å²) < 4.78 is 0.719. The highest BCUT2D eigenvalue weighted by molar-refractivity contribution is 9.10. The first-order valence-electron chi connectivity index (χ1n) is 5.03. The van der Waals surface area contributed by atoms with E-state index >= 15 is 0 Å². The number of hydrogen-bond acceptors (Lipinski definition) is 3. The van der Waals surface area contributed by atoms with E-state index in [9.17, 15) is 4.79 Å². The van der Waals surface area contributed by atoms with E-state index in [4.69, 9.17) is 5.11 Å². The Morgan fingerprint density at radius 2 is 2.20 bits per heavy atom. The van der Waals surface area contributed by atoms with Crippen LogP contribution in [0.15, 0.2) is 4.60 Å². The number of carbonyl (C=O) groups is 1. The third-order valence-electron chi connectivity index (χ3n) is 2.68. The van der Waals surface area contributed by atoms with Crippen LogP contribution in [0.5, 0.6) is 0 Å². The van der Waals surface area contributed by atoms with Gasteiger partial charge in [0.05, 0.1) is 16.3 Å². The SMILES string of the molecule is O=C(O)Cc1sc(C2CCCC2)nc1Br. The Bertz CT molecular complexity index is 371. The molecule has 0 amide bonds. The highest BCUT2D eigenvalue weighted by atomic mass is 79.9. The number of thiazole rings is 1. The number of hydrogen-bond donors (Lipinski definition) is 1. The van der Waals surface area contributed by atoms with Crippen LogP contribution in [0, 0.1) is 0 Å². The van der Waals surface area contributed by atoms with Gasteiger partial charge in [0, 0.05) is 5.92 Å². The van der Waals surface area contributed by atoms with E-state index in [-0.39, 0.29) is 6.42 Å². The summed E-state index contributed by atoms with van der Waals surface area (Å²) in [5.74, 6) is -0.230. The zero-order valence-electron chi connectivity index (χ0n) is 8.20. The number of carboxylic acids is 1. The minimum Gasteiger partial charge on any atom is -0.481 e. The van der Waals surface area contributed by atoms with Crippen LogP contribution in [0.1, 0.15) is 41.5 Å². The molecular formula is C10H12BrNO2S. The fraction of sp³-hybridized carbons (Fsp3) is 0.600. The van der Waals surface area contributed by atoms with Crippen LogP contribution in [0.4, 0.5) is 0 Å². The Morgan fingerprint density at radius 1 is 1.53 bits per heavy atom. The zero-order valence-corrected chi connectivity index (χ0v) is 10.6. The lowest BCUT2D eigenvalue weighted by Crippen LogP contribution is -1.98. The molecule has 0 spiro atoms. The van der Waals surface area contributed by atoms with Gasteiger partial charge in [0.2, 0.25) is 0 Å². The molecule has 1 saturated carbocycles. The molecule has 5 heteroatoms. The summed E-state index contributed by atoms with van der Waals surface area (Å²) in [6.07, 6.45) is 5.02. The van der Waals surface area contributed by atoms with E-state index in [1.807, 2.05) is 0 Å². The van der Waals surface area contributed by atoms with Crippen LogP contribution in [0.3, 0.4) is 0 Å². The van der Waals surface area contributed by atoms with Crippen LogP contribution in [-0.4, -0.2) is 16.1 Å². The minimum absolute atomic E-state index is 0.0744. The Balaban J connectivity index is 2.16. The van der Waals surface area contributed by atoms with Crippen molar-refractivity contribution in [3.63, 3.8) is 0 Å². The van der Waals surface area contributed by atoms with Crippen molar-refractivity contribution in [3.8, 4) is 0 Å². The minimum atomic E-state index is -0.794. The predicted molar refractivity (Wildman–Crippen MR) is 62.4 cm³/mol. The molecule has 1 aromatic heterocycles. The standard InChI is InChI=1S/C10H12BrNO2S/c11-9-7(5-8(13)14)15-10(12-9)6-3-1-2-4-6/h6H,1-5H2,(H,13,14). The van der Waals surface area contributed by atoms with Crippen LogP contribution < -0.4 is 0 Å². The molecular weight excluding hydrogens is 278 g/mol.